The van der Waals surface area contributed by atoms with Gasteiger partial charge >= 0.3 is 0 Å². The first kappa shape index (κ1) is 27.8. The quantitative estimate of drug-likeness (QED) is 0.186. The standard InChI is InChI=1S/C45H29N3S/c1-3-11-30(12-4-1)31-19-21-35(22-20-31)47(43-29-46-28-40-39-25-32-13-7-8-14-33(32)26-44(39)49-45(40)43)36-23-24-42-38(27-36)37-17-9-10-18-41(37)48(42)34-15-5-2-6-16-34/h1-29H. The molecule has 0 saturated carbocycles. The average molecular weight is 644 g/mol. The van der Waals surface area contributed by atoms with Gasteiger partial charge in [-0.1, -0.05) is 103 Å². The van der Waals surface area contributed by atoms with Crippen LogP contribution in [0.5, 0.6) is 0 Å². The lowest BCUT2D eigenvalue weighted by molar-refractivity contribution is 1.18. The van der Waals surface area contributed by atoms with E-state index < -0.39 is 0 Å². The largest absolute Gasteiger partial charge is 0.309 e. The zero-order valence-electron chi connectivity index (χ0n) is 26.5. The smallest absolute Gasteiger partial charge is 0.0824 e. The van der Waals surface area contributed by atoms with Crippen molar-refractivity contribution < 1.29 is 0 Å². The summed E-state index contributed by atoms with van der Waals surface area (Å²) >= 11 is 1.84. The minimum atomic E-state index is 1.07. The minimum absolute atomic E-state index is 1.07. The second-order valence-corrected chi connectivity index (χ2v) is 13.5. The van der Waals surface area contributed by atoms with E-state index in [1.807, 2.05) is 23.7 Å². The summed E-state index contributed by atoms with van der Waals surface area (Å²) in [6.45, 7) is 0. The second-order valence-electron chi connectivity index (χ2n) is 12.5. The maximum Gasteiger partial charge on any atom is 0.0824 e. The Balaban J connectivity index is 1.22. The van der Waals surface area contributed by atoms with Crippen molar-refractivity contribution in [1.29, 1.82) is 0 Å². The number of thiophene rings is 1. The summed E-state index contributed by atoms with van der Waals surface area (Å²) in [4.78, 5) is 7.25. The number of nitrogens with zero attached hydrogens (tertiary/aromatic N) is 3. The van der Waals surface area contributed by atoms with Crippen molar-refractivity contribution in [3.05, 3.63) is 176 Å². The third-order valence-electron chi connectivity index (χ3n) is 9.63. The molecule has 7 aromatic carbocycles. The molecule has 3 nitrogen and oxygen atoms in total. The van der Waals surface area contributed by atoms with Crippen molar-refractivity contribution in [1.82, 2.24) is 9.55 Å². The van der Waals surface area contributed by atoms with E-state index in [0.717, 1.165) is 22.7 Å². The van der Waals surface area contributed by atoms with Gasteiger partial charge < -0.3 is 9.47 Å². The molecule has 0 aliphatic rings. The van der Waals surface area contributed by atoms with Crippen LogP contribution in [0.1, 0.15) is 0 Å². The van der Waals surface area contributed by atoms with Gasteiger partial charge in [0.05, 0.1) is 27.6 Å². The number of benzene rings is 7. The molecule has 0 N–H and O–H groups in total. The molecule has 0 fully saturated rings. The Morgan fingerprint density at radius 1 is 0.469 bits per heavy atom. The molecule has 0 spiro atoms. The molecule has 3 aromatic heterocycles. The van der Waals surface area contributed by atoms with E-state index in [0.29, 0.717) is 0 Å². The van der Waals surface area contributed by atoms with E-state index in [4.69, 9.17) is 4.98 Å². The molecular formula is C45H29N3S. The maximum absolute atomic E-state index is 4.87. The molecule has 10 rings (SSSR count). The van der Waals surface area contributed by atoms with Gasteiger partial charge in [0, 0.05) is 49.5 Å². The zero-order valence-corrected chi connectivity index (χ0v) is 27.3. The number of rotatable bonds is 5. The van der Waals surface area contributed by atoms with E-state index in [1.165, 1.54) is 63.9 Å². The molecule has 3 heterocycles. The number of fused-ring (bicyclic) bond motifs is 7. The molecule has 0 saturated heterocycles. The highest BCUT2D eigenvalue weighted by Crippen LogP contribution is 2.46. The van der Waals surface area contributed by atoms with Crippen molar-refractivity contribution in [2.45, 2.75) is 0 Å². The molecule has 0 aliphatic carbocycles. The number of pyridine rings is 1. The maximum atomic E-state index is 4.87. The first-order valence-electron chi connectivity index (χ1n) is 16.5. The van der Waals surface area contributed by atoms with Gasteiger partial charge in [-0.2, -0.15) is 0 Å². The first-order valence-corrected chi connectivity index (χ1v) is 17.4. The van der Waals surface area contributed by atoms with Crippen LogP contribution in [-0.4, -0.2) is 9.55 Å². The summed E-state index contributed by atoms with van der Waals surface area (Å²) in [6.07, 6.45) is 4.06. The summed E-state index contributed by atoms with van der Waals surface area (Å²) in [5.74, 6) is 0. The molecule has 0 atom stereocenters. The van der Waals surface area contributed by atoms with Crippen LogP contribution in [0.25, 0.3) is 69.6 Å². The topological polar surface area (TPSA) is 21.1 Å². The molecule has 49 heavy (non-hydrogen) atoms. The zero-order chi connectivity index (χ0) is 32.3. The van der Waals surface area contributed by atoms with E-state index in [2.05, 4.69) is 173 Å². The normalized spacial score (nSPS) is 11.7. The number of hydrogen-bond donors (Lipinski definition) is 0. The van der Waals surface area contributed by atoms with Crippen LogP contribution in [-0.2, 0) is 0 Å². The summed E-state index contributed by atoms with van der Waals surface area (Å²) < 4.78 is 4.86. The second kappa shape index (κ2) is 11.2. The Bertz CT molecular complexity index is 2820. The van der Waals surface area contributed by atoms with E-state index in [9.17, 15) is 0 Å². The van der Waals surface area contributed by atoms with Gasteiger partial charge in [0.1, 0.15) is 0 Å². The van der Waals surface area contributed by atoms with Gasteiger partial charge in [-0.25, -0.2) is 0 Å². The fourth-order valence-corrected chi connectivity index (χ4v) is 8.54. The SMILES string of the molecule is c1ccc(-c2ccc(N(c3ccc4c(c3)c3ccccc3n4-c3ccccc3)c3cncc4c3sc3cc5ccccc5cc34)cc2)cc1. The molecule has 10 aromatic rings. The molecule has 230 valence electrons. The van der Waals surface area contributed by atoms with Gasteiger partial charge in [0.2, 0.25) is 0 Å². The predicted molar refractivity (Wildman–Crippen MR) is 209 cm³/mol. The van der Waals surface area contributed by atoms with Crippen molar-refractivity contribution in [3.63, 3.8) is 0 Å². The van der Waals surface area contributed by atoms with E-state index in [-0.39, 0.29) is 0 Å². The first-order chi connectivity index (χ1) is 24.3. The van der Waals surface area contributed by atoms with Gasteiger partial charge in [0.15, 0.2) is 0 Å². The number of hydrogen-bond acceptors (Lipinski definition) is 3. The Hall–Kier alpha value is -6.23. The van der Waals surface area contributed by atoms with Gasteiger partial charge in [-0.3, -0.25) is 4.98 Å². The van der Waals surface area contributed by atoms with E-state index >= 15 is 0 Å². The fourth-order valence-electron chi connectivity index (χ4n) is 7.34. The Morgan fingerprint density at radius 2 is 1.12 bits per heavy atom. The van der Waals surface area contributed by atoms with Crippen LogP contribution in [0, 0.1) is 0 Å². The third kappa shape index (κ3) is 4.53. The summed E-state index contributed by atoms with van der Waals surface area (Å²) in [5, 5.41) is 7.36. The van der Waals surface area contributed by atoms with Crippen LogP contribution in [0.3, 0.4) is 0 Å². The van der Waals surface area contributed by atoms with Gasteiger partial charge in [-0.15, -0.1) is 11.3 Å². The van der Waals surface area contributed by atoms with Crippen molar-refractivity contribution in [2.75, 3.05) is 4.90 Å². The van der Waals surface area contributed by atoms with Crippen LogP contribution in [0.4, 0.5) is 17.1 Å². The lowest BCUT2D eigenvalue weighted by atomic mass is 10.0. The lowest BCUT2D eigenvalue weighted by Crippen LogP contribution is -2.10. The Labute approximate surface area is 287 Å². The van der Waals surface area contributed by atoms with Crippen molar-refractivity contribution >= 4 is 81.1 Å². The van der Waals surface area contributed by atoms with Crippen LogP contribution >= 0.6 is 11.3 Å². The lowest BCUT2D eigenvalue weighted by Gasteiger charge is -2.26. The van der Waals surface area contributed by atoms with Crippen molar-refractivity contribution in [2.24, 2.45) is 0 Å². The molecule has 0 aliphatic heterocycles. The molecule has 0 amide bonds. The summed E-state index contributed by atoms with van der Waals surface area (Å²) in [6, 6.07) is 59.0. The Morgan fingerprint density at radius 3 is 1.94 bits per heavy atom. The predicted octanol–water partition coefficient (Wildman–Crippen LogP) is 12.8. The molecular weight excluding hydrogens is 615 g/mol. The van der Waals surface area contributed by atoms with Crippen LogP contribution < -0.4 is 4.90 Å². The number of para-hydroxylation sites is 2. The minimum Gasteiger partial charge on any atom is -0.309 e. The molecule has 0 bridgehead atoms. The summed E-state index contributed by atoms with van der Waals surface area (Å²) in [7, 11) is 0. The fraction of sp³-hybridized carbons (Fsp3) is 0. The molecule has 4 heteroatoms. The highest BCUT2D eigenvalue weighted by molar-refractivity contribution is 7.26. The van der Waals surface area contributed by atoms with E-state index in [1.54, 1.807) is 0 Å². The highest BCUT2D eigenvalue weighted by atomic mass is 32.1. The highest BCUT2D eigenvalue weighted by Gasteiger charge is 2.21. The van der Waals surface area contributed by atoms with Crippen molar-refractivity contribution in [3.8, 4) is 16.8 Å². The Kier molecular flexibility index (Phi) is 6.36. The van der Waals surface area contributed by atoms with Gasteiger partial charge in [0.25, 0.3) is 0 Å². The van der Waals surface area contributed by atoms with Gasteiger partial charge in [-0.05, 0) is 82.6 Å². The number of aromatic nitrogens is 2. The molecule has 0 radical (unpaired) electrons. The molecule has 0 unspecified atom stereocenters. The monoisotopic (exact) mass is 643 g/mol. The number of anilines is 3. The average Bonchev–Trinajstić information content (AvgIpc) is 3.70. The van der Waals surface area contributed by atoms with Crippen LogP contribution in [0.2, 0.25) is 0 Å². The van der Waals surface area contributed by atoms with Crippen LogP contribution in [0.15, 0.2) is 176 Å². The third-order valence-corrected chi connectivity index (χ3v) is 10.8. The summed E-state index contributed by atoms with van der Waals surface area (Å²) in [5.41, 5.74) is 9.17.